The van der Waals surface area contributed by atoms with Crippen molar-refractivity contribution in [2.45, 2.75) is 6.92 Å². The van der Waals surface area contributed by atoms with Crippen LogP contribution >= 0.6 is 0 Å². The number of carbonyl (C=O) groups excluding carboxylic acids is 1. The molecule has 5 nitrogen and oxygen atoms in total. The first-order valence-corrected chi connectivity index (χ1v) is 6.41. The summed E-state index contributed by atoms with van der Waals surface area (Å²) in [6.45, 7) is 1.76. The molecule has 1 N–H and O–H groups in total. The van der Waals surface area contributed by atoms with Crippen LogP contribution in [0.2, 0.25) is 0 Å². The summed E-state index contributed by atoms with van der Waals surface area (Å²) >= 11 is 0. The van der Waals surface area contributed by atoms with Gasteiger partial charge in [0.05, 0.1) is 12.8 Å². The molecule has 108 valence electrons. The zero-order valence-corrected chi connectivity index (χ0v) is 11.9. The number of para-hydroxylation sites is 1. The second-order valence-electron chi connectivity index (χ2n) is 4.27. The van der Waals surface area contributed by atoms with Crippen LogP contribution in [0.5, 0.6) is 5.75 Å². The van der Waals surface area contributed by atoms with Crippen molar-refractivity contribution in [3.63, 3.8) is 0 Å². The van der Waals surface area contributed by atoms with E-state index in [-0.39, 0.29) is 0 Å². The van der Waals surface area contributed by atoms with Gasteiger partial charge in [-0.3, -0.25) is 10.2 Å². The largest absolute Gasteiger partial charge is 0.497 e. The van der Waals surface area contributed by atoms with Gasteiger partial charge in [0.25, 0.3) is 0 Å². The van der Waals surface area contributed by atoms with Crippen LogP contribution in [0.15, 0.2) is 59.8 Å². The molecule has 0 bridgehead atoms. The van der Waals surface area contributed by atoms with Gasteiger partial charge in [0.2, 0.25) is 0 Å². The topological polar surface area (TPSA) is 59.9 Å². The van der Waals surface area contributed by atoms with E-state index in [0.29, 0.717) is 11.4 Å². The molecule has 2 aromatic carbocycles. The summed E-state index contributed by atoms with van der Waals surface area (Å²) in [6.07, 6.45) is -0.630. The average Bonchev–Trinajstić information content (AvgIpc) is 2.53. The van der Waals surface area contributed by atoms with Gasteiger partial charge in [-0.25, -0.2) is 4.79 Å². The van der Waals surface area contributed by atoms with E-state index < -0.39 is 6.09 Å². The van der Waals surface area contributed by atoms with Gasteiger partial charge in [0.15, 0.2) is 0 Å². The Balaban J connectivity index is 1.94. The first-order chi connectivity index (χ1) is 10.2. The van der Waals surface area contributed by atoms with Crippen molar-refractivity contribution in [3.8, 4) is 5.75 Å². The van der Waals surface area contributed by atoms with Gasteiger partial charge in [-0.15, -0.1) is 0 Å². The molecule has 0 aliphatic carbocycles. The maximum Gasteiger partial charge on any atom is 0.437 e. The summed E-state index contributed by atoms with van der Waals surface area (Å²) < 4.78 is 5.08. The van der Waals surface area contributed by atoms with Crippen LogP contribution in [-0.2, 0) is 4.84 Å². The van der Waals surface area contributed by atoms with Crippen molar-refractivity contribution < 1.29 is 14.4 Å². The van der Waals surface area contributed by atoms with Gasteiger partial charge in [0.1, 0.15) is 5.75 Å². The molecule has 1 amide bonds. The van der Waals surface area contributed by atoms with Gasteiger partial charge in [-0.1, -0.05) is 23.4 Å². The summed E-state index contributed by atoms with van der Waals surface area (Å²) in [6, 6.07) is 16.4. The number of anilines is 1. The predicted octanol–water partition coefficient (Wildman–Crippen LogP) is 3.67. The molecule has 0 saturated carbocycles. The molecule has 2 rings (SSSR count). The Morgan fingerprint density at radius 2 is 1.71 bits per heavy atom. The average molecular weight is 284 g/mol. The van der Waals surface area contributed by atoms with Gasteiger partial charge in [-0.05, 0) is 48.9 Å². The molecule has 0 aliphatic rings. The number of oxime groups is 1. The first-order valence-electron chi connectivity index (χ1n) is 6.41. The van der Waals surface area contributed by atoms with Gasteiger partial charge in [0, 0.05) is 5.69 Å². The Hall–Kier alpha value is -2.82. The molecular weight excluding hydrogens is 268 g/mol. The second-order valence-corrected chi connectivity index (χ2v) is 4.27. The molecule has 0 fully saturated rings. The van der Waals surface area contributed by atoms with Crippen molar-refractivity contribution >= 4 is 17.5 Å². The van der Waals surface area contributed by atoms with E-state index in [9.17, 15) is 4.79 Å². The van der Waals surface area contributed by atoms with E-state index in [2.05, 4.69) is 10.5 Å². The van der Waals surface area contributed by atoms with Gasteiger partial charge in [-0.2, -0.15) is 0 Å². The number of nitrogens with one attached hydrogen (secondary N) is 1. The van der Waals surface area contributed by atoms with Gasteiger partial charge >= 0.3 is 6.09 Å². The number of amides is 1. The number of hydrogen-bond donors (Lipinski definition) is 1. The Labute approximate surface area is 123 Å². The highest BCUT2D eigenvalue weighted by atomic mass is 16.7. The number of methoxy groups -OCH3 is 1. The molecule has 0 spiro atoms. The van der Waals surface area contributed by atoms with Crippen molar-refractivity contribution in [3.05, 3.63) is 60.2 Å². The molecule has 0 aromatic heterocycles. The maximum absolute atomic E-state index is 11.6. The molecular formula is C16H16N2O3. The molecule has 0 unspecified atom stereocenters. The van der Waals surface area contributed by atoms with Gasteiger partial charge < -0.3 is 4.74 Å². The van der Waals surface area contributed by atoms with E-state index >= 15 is 0 Å². The molecule has 0 radical (unpaired) electrons. The number of benzene rings is 2. The Morgan fingerprint density at radius 1 is 1.05 bits per heavy atom. The number of rotatable bonds is 4. The highest BCUT2D eigenvalue weighted by Crippen LogP contribution is 2.12. The van der Waals surface area contributed by atoms with Crippen molar-refractivity contribution in [1.82, 2.24) is 0 Å². The third-order valence-electron chi connectivity index (χ3n) is 2.79. The third-order valence-corrected chi connectivity index (χ3v) is 2.79. The van der Waals surface area contributed by atoms with Crippen molar-refractivity contribution in [2.24, 2.45) is 5.16 Å². The molecule has 5 heteroatoms. The summed E-state index contributed by atoms with van der Waals surface area (Å²) in [5.74, 6) is 0.759. The number of nitrogens with zero attached hydrogens (tertiary/aromatic N) is 1. The van der Waals surface area contributed by atoms with E-state index in [4.69, 9.17) is 9.57 Å². The zero-order chi connectivity index (χ0) is 15.1. The normalized spacial score (nSPS) is 10.9. The molecule has 21 heavy (non-hydrogen) atoms. The fourth-order valence-electron chi connectivity index (χ4n) is 1.66. The standard InChI is InChI=1S/C16H16N2O3/c1-12(13-8-10-15(20-2)11-9-13)18-21-16(19)17-14-6-4-3-5-7-14/h3-11H,1-2H3,(H,17,19)/b18-12-. The Bertz CT molecular complexity index is 622. The lowest BCUT2D eigenvalue weighted by Crippen LogP contribution is -2.11. The van der Waals surface area contributed by atoms with Crippen LogP contribution in [0.1, 0.15) is 12.5 Å². The van der Waals surface area contributed by atoms with E-state index in [0.717, 1.165) is 11.3 Å². The maximum atomic E-state index is 11.6. The van der Waals surface area contributed by atoms with Crippen LogP contribution < -0.4 is 10.1 Å². The smallest absolute Gasteiger partial charge is 0.437 e. The lowest BCUT2D eigenvalue weighted by Gasteiger charge is -2.04. The minimum Gasteiger partial charge on any atom is -0.497 e. The van der Waals surface area contributed by atoms with Crippen LogP contribution in [0.3, 0.4) is 0 Å². The second kappa shape index (κ2) is 7.09. The number of ether oxygens (including phenoxy) is 1. The summed E-state index contributed by atoms with van der Waals surface area (Å²) in [7, 11) is 1.60. The van der Waals surface area contributed by atoms with E-state index in [1.807, 2.05) is 42.5 Å². The lowest BCUT2D eigenvalue weighted by atomic mass is 10.1. The van der Waals surface area contributed by atoms with Crippen LogP contribution in [0.4, 0.5) is 10.5 Å². The fourth-order valence-corrected chi connectivity index (χ4v) is 1.66. The van der Waals surface area contributed by atoms with E-state index in [1.165, 1.54) is 0 Å². The molecule has 0 saturated heterocycles. The molecule has 0 atom stereocenters. The first kappa shape index (κ1) is 14.6. The Morgan fingerprint density at radius 3 is 2.33 bits per heavy atom. The summed E-state index contributed by atoms with van der Waals surface area (Å²) in [5.41, 5.74) is 2.10. The lowest BCUT2D eigenvalue weighted by molar-refractivity contribution is 0.166. The van der Waals surface area contributed by atoms with E-state index in [1.54, 1.807) is 26.2 Å². The SMILES string of the molecule is COc1ccc(/C(C)=N\OC(=O)Nc2ccccc2)cc1. The van der Waals surface area contributed by atoms with Crippen LogP contribution in [0, 0.1) is 0 Å². The third kappa shape index (κ3) is 4.35. The predicted molar refractivity (Wildman–Crippen MR) is 81.8 cm³/mol. The minimum absolute atomic E-state index is 0.598. The highest BCUT2D eigenvalue weighted by molar-refractivity contribution is 5.99. The highest BCUT2D eigenvalue weighted by Gasteiger charge is 2.04. The molecule has 2 aromatic rings. The summed E-state index contributed by atoms with van der Waals surface area (Å²) in [5, 5.41) is 6.39. The number of carbonyl (C=O) groups is 1. The van der Waals surface area contributed by atoms with Crippen molar-refractivity contribution in [2.75, 3.05) is 12.4 Å². The quantitative estimate of drug-likeness (QED) is 0.529. The summed E-state index contributed by atoms with van der Waals surface area (Å²) in [4.78, 5) is 16.4. The van der Waals surface area contributed by atoms with Crippen LogP contribution in [0.25, 0.3) is 0 Å². The van der Waals surface area contributed by atoms with Crippen LogP contribution in [-0.4, -0.2) is 18.9 Å². The van der Waals surface area contributed by atoms with Crippen molar-refractivity contribution in [1.29, 1.82) is 0 Å². The minimum atomic E-state index is -0.630. The zero-order valence-electron chi connectivity index (χ0n) is 11.9. The number of hydrogen-bond acceptors (Lipinski definition) is 4. The Kier molecular flexibility index (Phi) is 4.93. The molecule has 0 heterocycles. The molecule has 0 aliphatic heterocycles. The monoisotopic (exact) mass is 284 g/mol. The fraction of sp³-hybridized carbons (Fsp3) is 0.125.